The molecule has 1 saturated carbocycles. The average Bonchev–Trinajstić information content (AvgIpc) is 2.45. The van der Waals surface area contributed by atoms with Crippen molar-refractivity contribution < 1.29 is 9.59 Å². The van der Waals surface area contributed by atoms with Crippen molar-refractivity contribution in [3.05, 3.63) is 34.9 Å². The largest absolute Gasteiger partial charge is 0.370 e. The van der Waals surface area contributed by atoms with E-state index >= 15 is 0 Å². The molecule has 1 saturated heterocycles. The number of benzene rings is 1. The second kappa shape index (κ2) is 6.58. The van der Waals surface area contributed by atoms with Crippen molar-refractivity contribution in [2.75, 3.05) is 13.1 Å². The molecule has 2 fully saturated rings. The topological polar surface area (TPSA) is 63.4 Å². The Kier molecular flexibility index (Phi) is 4.66. The minimum absolute atomic E-state index is 0.231. The number of amides is 2. The molecule has 2 aliphatic rings. The summed E-state index contributed by atoms with van der Waals surface area (Å²) in [4.78, 5) is 26.4. The third kappa shape index (κ3) is 3.19. The van der Waals surface area contributed by atoms with Gasteiger partial charge in [-0.25, -0.2) is 0 Å². The number of carbonyl (C=O) groups is 2. The van der Waals surface area contributed by atoms with Crippen LogP contribution in [0.1, 0.15) is 55.2 Å². The van der Waals surface area contributed by atoms with Crippen molar-refractivity contribution >= 4 is 11.8 Å². The van der Waals surface area contributed by atoms with E-state index in [2.05, 4.69) is 32.0 Å². The number of carbonyl (C=O) groups excluding carboxylic acids is 2. The molecule has 4 nitrogen and oxygen atoms in total. The van der Waals surface area contributed by atoms with Gasteiger partial charge in [0.2, 0.25) is 11.8 Å². The van der Waals surface area contributed by atoms with Gasteiger partial charge in [0.15, 0.2) is 0 Å². The van der Waals surface area contributed by atoms with Crippen molar-refractivity contribution in [2.45, 2.75) is 57.8 Å². The van der Waals surface area contributed by atoms with Crippen LogP contribution < -0.4 is 5.73 Å². The van der Waals surface area contributed by atoms with Crippen LogP contribution in [0.4, 0.5) is 0 Å². The number of aryl methyl sites for hydroxylation is 2. The highest BCUT2D eigenvalue weighted by Gasteiger charge is 2.48. The number of nitrogens with two attached hydrogens (primary N) is 1. The van der Waals surface area contributed by atoms with E-state index < -0.39 is 0 Å². The third-order valence-corrected chi connectivity index (χ3v) is 5.78. The standard InChI is InChI=1S/C20H28N2O2/c1-14-10-15(2)12-17(11-14)20(6-3-7-20)19(24)22-8-4-16(5-9-22)13-18(21)23/h10-12,16H,3-9,13H2,1-2H3,(H2,21,23). The molecule has 1 heterocycles. The lowest BCUT2D eigenvalue weighted by Gasteiger charge is -2.45. The predicted molar refractivity (Wildman–Crippen MR) is 94.6 cm³/mol. The van der Waals surface area contributed by atoms with Gasteiger partial charge >= 0.3 is 0 Å². The van der Waals surface area contributed by atoms with Crippen LogP contribution in [-0.4, -0.2) is 29.8 Å². The van der Waals surface area contributed by atoms with Gasteiger partial charge in [-0.3, -0.25) is 9.59 Å². The van der Waals surface area contributed by atoms with Gasteiger partial charge in [-0.1, -0.05) is 35.7 Å². The lowest BCUT2D eigenvalue weighted by molar-refractivity contribution is -0.142. The minimum atomic E-state index is -0.312. The van der Waals surface area contributed by atoms with Gasteiger partial charge in [-0.05, 0) is 51.0 Å². The molecular formula is C20H28N2O2. The number of primary amides is 1. The number of hydrogen-bond acceptors (Lipinski definition) is 2. The van der Waals surface area contributed by atoms with Crippen LogP contribution in [0.2, 0.25) is 0 Å². The maximum atomic E-state index is 13.3. The molecule has 1 aliphatic heterocycles. The molecule has 24 heavy (non-hydrogen) atoms. The lowest BCUT2D eigenvalue weighted by Crippen LogP contribution is -2.53. The van der Waals surface area contributed by atoms with E-state index in [4.69, 9.17) is 5.73 Å². The summed E-state index contributed by atoms with van der Waals surface area (Å²) in [6.45, 7) is 5.71. The van der Waals surface area contributed by atoms with E-state index in [0.717, 1.165) is 45.2 Å². The molecule has 0 aromatic heterocycles. The molecule has 0 unspecified atom stereocenters. The van der Waals surface area contributed by atoms with Crippen molar-refractivity contribution in [3.63, 3.8) is 0 Å². The third-order valence-electron chi connectivity index (χ3n) is 5.78. The van der Waals surface area contributed by atoms with Crippen LogP contribution in [0.3, 0.4) is 0 Å². The first-order valence-electron chi connectivity index (χ1n) is 9.07. The zero-order valence-corrected chi connectivity index (χ0v) is 14.8. The zero-order chi connectivity index (χ0) is 17.3. The normalized spacial score (nSPS) is 20.5. The van der Waals surface area contributed by atoms with Crippen molar-refractivity contribution in [2.24, 2.45) is 11.7 Å². The fourth-order valence-electron chi connectivity index (χ4n) is 4.33. The van der Waals surface area contributed by atoms with Crippen LogP contribution in [0, 0.1) is 19.8 Å². The Morgan fingerprint density at radius 3 is 2.17 bits per heavy atom. The van der Waals surface area contributed by atoms with Crippen molar-refractivity contribution in [1.29, 1.82) is 0 Å². The summed E-state index contributed by atoms with van der Waals surface area (Å²) in [5.74, 6) is 0.395. The molecule has 0 radical (unpaired) electrons. The molecule has 1 aromatic carbocycles. The van der Waals surface area contributed by atoms with Crippen molar-refractivity contribution in [1.82, 2.24) is 4.90 Å². The fraction of sp³-hybridized carbons (Fsp3) is 0.600. The van der Waals surface area contributed by atoms with Gasteiger partial charge in [0.25, 0.3) is 0 Å². The summed E-state index contributed by atoms with van der Waals surface area (Å²) in [6.07, 6.45) is 5.25. The van der Waals surface area contributed by atoms with Crippen LogP contribution in [0.5, 0.6) is 0 Å². The van der Waals surface area contributed by atoms with Gasteiger partial charge in [0.05, 0.1) is 5.41 Å². The highest BCUT2D eigenvalue weighted by Crippen LogP contribution is 2.46. The number of nitrogens with zero attached hydrogens (tertiary/aromatic N) is 1. The SMILES string of the molecule is Cc1cc(C)cc(C2(C(=O)N3CCC(CC(N)=O)CC3)CCC2)c1. The lowest BCUT2D eigenvalue weighted by atomic mass is 9.63. The summed E-state index contributed by atoms with van der Waals surface area (Å²) in [5, 5.41) is 0. The maximum Gasteiger partial charge on any atom is 0.233 e. The molecule has 2 N–H and O–H groups in total. The predicted octanol–water partition coefficient (Wildman–Crippen LogP) is 2.84. The molecule has 1 aliphatic carbocycles. The first-order valence-corrected chi connectivity index (χ1v) is 9.07. The van der Waals surface area contributed by atoms with E-state index in [0.29, 0.717) is 12.3 Å². The Balaban J connectivity index is 1.74. The van der Waals surface area contributed by atoms with E-state index in [1.54, 1.807) is 0 Å². The van der Waals surface area contributed by atoms with E-state index in [9.17, 15) is 9.59 Å². The van der Waals surface area contributed by atoms with Gasteiger partial charge in [0, 0.05) is 19.5 Å². The monoisotopic (exact) mass is 328 g/mol. The van der Waals surface area contributed by atoms with Gasteiger partial charge in [-0.15, -0.1) is 0 Å². The molecule has 0 bridgehead atoms. The number of hydrogen-bond donors (Lipinski definition) is 1. The van der Waals surface area contributed by atoms with Gasteiger partial charge in [-0.2, -0.15) is 0 Å². The number of piperidine rings is 1. The van der Waals surface area contributed by atoms with Gasteiger partial charge in [0.1, 0.15) is 0 Å². The number of likely N-dealkylation sites (tertiary alicyclic amines) is 1. The van der Waals surface area contributed by atoms with Crippen LogP contribution >= 0.6 is 0 Å². The molecule has 1 aromatic rings. The van der Waals surface area contributed by atoms with Crippen LogP contribution in [0.25, 0.3) is 0 Å². The first kappa shape index (κ1) is 17.0. The van der Waals surface area contributed by atoms with Crippen LogP contribution in [0.15, 0.2) is 18.2 Å². The summed E-state index contributed by atoms with van der Waals surface area (Å²) in [6, 6.07) is 6.53. The molecule has 3 rings (SSSR count). The smallest absolute Gasteiger partial charge is 0.233 e. The molecular weight excluding hydrogens is 300 g/mol. The minimum Gasteiger partial charge on any atom is -0.370 e. The quantitative estimate of drug-likeness (QED) is 0.924. The highest BCUT2D eigenvalue weighted by molar-refractivity contribution is 5.89. The highest BCUT2D eigenvalue weighted by atomic mass is 16.2. The summed E-state index contributed by atoms with van der Waals surface area (Å²) >= 11 is 0. The van der Waals surface area contributed by atoms with Crippen LogP contribution in [-0.2, 0) is 15.0 Å². The summed E-state index contributed by atoms with van der Waals surface area (Å²) in [7, 11) is 0. The zero-order valence-electron chi connectivity index (χ0n) is 14.8. The van der Waals surface area contributed by atoms with E-state index in [-0.39, 0.29) is 17.2 Å². The first-order chi connectivity index (χ1) is 11.4. The Bertz CT molecular complexity index is 621. The van der Waals surface area contributed by atoms with E-state index in [1.807, 2.05) is 4.90 Å². The maximum absolute atomic E-state index is 13.3. The molecule has 0 atom stereocenters. The Labute approximate surface area is 144 Å². The Hall–Kier alpha value is -1.84. The second-order valence-corrected chi connectivity index (χ2v) is 7.72. The molecule has 2 amide bonds. The number of rotatable bonds is 4. The van der Waals surface area contributed by atoms with Crippen molar-refractivity contribution in [3.8, 4) is 0 Å². The summed E-state index contributed by atoms with van der Waals surface area (Å²) < 4.78 is 0. The average molecular weight is 328 g/mol. The fourth-order valence-corrected chi connectivity index (χ4v) is 4.33. The Morgan fingerprint density at radius 1 is 1.12 bits per heavy atom. The summed E-state index contributed by atoms with van der Waals surface area (Å²) in [5.41, 5.74) is 8.63. The molecule has 4 heteroatoms. The molecule has 0 spiro atoms. The second-order valence-electron chi connectivity index (χ2n) is 7.72. The molecule has 130 valence electrons. The van der Waals surface area contributed by atoms with E-state index in [1.165, 1.54) is 16.7 Å². The van der Waals surface area contributed by atoms with Gasteiger partial charge < -0.3 is 10.6 Å². The Morgan fingerprint density at radius 2 is 1.71 bits per heavy atom.